The first kappa shape index (κ1) is 14.0. The summed E-state index contributed by atoms with van der Waals surface area (Å²) in [6.07, 6.45) is 2.35. The van der Waals surface area contributed by atoms with Gasteiger partial charge in [-0.2, -0.15) is 0 Å². The molecule has 21 heavy (non-hydrogen) atoms. The number of fused-ring (bicyclic) bond motifs is 1. The standard InChI is InChI=1S/C18H22N2O/c1-19-17-6-4-12-20(18-7-3-2-5-16(17)18)13-14-8-10-15(21)11-9-14/h2-3,5,7-11,17,19,21H,4,6,12-13H2,1H3. The van der Waals surface area contributed by atoms with Crippen LogP contribution in [-0.4, -0.2) is 18.7 Å². The van der Waals surface area contributed by atoms with E-state index in [4.69, 9.17) is 0 Å². The third kappa shape index (κ3) is 3.03. The van der Waals surface area contributed by atoms with Crippen LogP contribution in [0, 0.1) is 0 Å². The topological polar surface area (TPSA) is 35.5 Å². The van der Waals surface area contributed by atoms with Crippen LogP contribution >= 0.6 is 0 Å². The Morgan fingerprint density at radius 3 is 2.67 bits per heavy atom. The quantitative estimate of drug-likeness (QED) is 0.905. The number of anilines is 1. The number of para-hydroxylation sites is 1. The lowest BCUT2D eigenvalue weighted by molar-refractivity contribution is 0.475. The largest absolute Gasteiger partial charge is 0.508 e. The summed E-state index contributed by atoms with van der Waals surface area (Å²) in [5.41, 5.74) is 3.93. The van der Waals surface area contributed by atoms with Crippen LogP contribution in [-0.2, 0) is 6.54 Å². The van der Waals surface area contributed by atoms with Crippen LogP contribution in [0.5, 0.6) is 5.75 Å². The van der Waals surface area contributed by atoms with E-state index in [2.05, 4.69) is 34.5 Å². The van der Waals surface area contributed by atoms with Crippen LogP contribution in [0.3, 0.4) is 0 Å². The van der Waals surface area contributed by atoms with Crippen LogP contribution in [0.4, 0.5) is 5.69 Å². The highest BCUT2D eigenvalue weighted by atomic mass is 16.3. The highest BCUT2D eigenvalue weighted by Crippen LogP contribution is 2.33. The molecule has 110 valence electrons. The van der Waals surface area contributed by atoms with E-state index >= 15 is 0 Å². The molecular weight excluding hydrogens is 260 g/mol. The first-order valence-electron chi connectivity index (χ1n) is 7.57. The monoisotopic (exact) mass is 282 g/mol. The molecule has 0 radical (unpaired) electrons. The second-order valence-electron chi connectivity index (χ2n) is 5.63. The van der Waals surface area contributed by atoms with Gasteiger partial charge in [0.15, 0.2) is 0 Å². The van der Waals surface area contributed by atoms with Crippen molar-refractivity contribution in [2.24, 2.45) is 0 Å². The minimum absolute atomic E-state index is 0.324. The molecule has 0 bridgehead atoms. The summed E-state index contributed by atoms with van der Waals surface area (Å²) in [5.74, 6) is 0.324. The summed E-state index contributed by atoms with van der Waals surface area (Å²) < 4.78 is 0. The van der Waals surface area contributed by atoms with E-state index in [0.29, 0.717) is 11.8 Å². The Bertz CT molecular complexity index is 594. The lowest BCUT2D eigenvalue weighted by atomic mass is 10.0. The minimum Gasteiger partial charge on any atom is -0.508 e. The van der Waals surface area contributed by atoms with Crippen LogP contribution in [0.15, 0.2) is 48.5 Å². The van der Waals surface area contributed by atoms with Crippen LogP contribution in [0.25, 0.3) is 0 Å². The number of nitrogens with one attached hydrogen (secondary N) is 1. The normalized spacial score (nSPS) is 18.1. The number of phenols is 1. The summed E-state index contributed by atoms with van der Waals surface area (Å²) in [4.78, 5) is 2.44. The SMILES string of the molecule is CNC1CCCN(Cc2ccc(O)cc2)c2ccccc21. The number of aromatic hydroxyl groups is 1. The van der Waals surface area contributed by atoms with Crippen molar-refractivity contribution < 1.29 is 5.11 Å². The fourth-order valence-electron chi connectivity index (χ4n) is 3.12. The molecule has 1 aliphatic rings. The Morgan fingerprint density at radius 2 is 1.90 bits per heavy atom. The smallest absolute Gasteiger partial charge is 0.115 e. The Hall–Kier alpha value is -2.00. The van der Waals surface area contributed by atoms with Gasteiger partial charge in [-0.05, 0) is 49.2 Å². The highest BCUT2D eigenvalue weighted by Gasteiger charge is 2.21. The molecule has 3 heteroatoms. The average molecular weight is 282 g/mol. The molecule has 1 heterocycles. The van der Waals surface area contributed by atoms with E-state index in [0.717, 1.165) is 13.1 Å². The Morgan fingerprint density at radius 1 is 1.14 bits per heavy atom. The summed E-state index contributed by atoms with van der Waals surface area (Å²) in [5, 5.41) is 12.8. The van der Waals surface area contributed by atoms with E-state index < -0.39 is 0 Å². The van der Waals surface area contributed by atoms with Crippen molar-refractivity contribution in [1.82, 2.24) is 5.32 Å². The minimum atomic E-state index is 0.324. The maximum atomic E-state index is 9.41. The van der Waals surface area contributed by atoms with Gasteiger partial charge >= 0.3 is 0 Å². The fourth-order valence-corrected chi connectivity index (χ4v) is 3.12. The van der Waals surface area contributed by atoms with Crippen LogP contribution in [0.2, 0.25) is 0 Å². The number of phenolic OH excluding ortho intramolecular Hbond substituents is 1. The third-order valence-electron chi connectivity index (χ3n) is 4.23. The van der Waals surface area contributed by atoms with Gasteiger partial charge in [-0.25, -0.2) is 0 Å². The molecule has 3 nitrogen and oxygen atoms in total. The first-order valence-corrected chi connectivity index (χ1v) is 7.57. The molecule has 0 saturated carbocycles. The number of benzene rings is 2. The van der Waals surface area contributed by atoms with E-state index in [1.165, 1.54) is 29.7 Å². The van der Waals surface area contributed by atoms with Gasteiger partial charge in [0.2, 0.25) is 0 Å². The summed E-state index contributed by atoms with van der Waals surface area (Å²) in [6.45, 7) is 1.95. The number of hydrogen-bond acceptors (Lipinski definition) is 3. The van der Waals surface area contributed by atoms with Crippen molar-refractivity contribution in [3.05, 3.63) is 59.7 Å². The predicted molar refractivity (Wildman–Crippen MR) is 86.6 cm³/mol. The molecular formula is C18H22N2O. The van der Waals surface area contributed by atoms with E-state index in [1.807, 2.05) is 19.2 Å². The van der Waals surface area contributed by atoms with Crippen LogP contribution in [0.1, 0.15) is 30.0 Å². The van der Waals surface area contributed by atoms with Crippen molar-refractivity contribution in [2.75, 3.05) is 18.5 Å². The Balaban J connectivity index is 1.89. The molecule has 0 fully saturated rings. The Kier molecular flexibility index (Phi) is 4.11. The van der Waals surface area contributed by atoms with Crippen molar-refractivity contribution in [1.29, 1.82) is 0 Å². The summed E-state index contributed by atoms with van der Waals surface area (Å²) in [6, 6.07) is 16.6. The van der Waals surface area contributed by atoms with Gasteiger partial charge in [-0.1, -0.05) is 30.3 Å². The maximum Gasteiger partial charge on any atom is 0.115 e. The van der Waals surface area contributed by atoms with Crippen molar-refractivity contribution >= 4 is 5.69 Å². The number of nitrogens with zero attached hydrogens (tertiary/aromatic N) is 1. The molecule has 3 rings (SSSR count). The molecule has 1 aliphatic heterocycles. The third-order valence-corrected chi connectivity index (χ3v) is 4.23. The molecule has 1 unspecified atom stereocenters. The van der Waals surface area contributed by atoms with Gasteiger partial charge in [0.1, 0.15) is 5.75 Å². The van der Waals surface area contributed by atoms with Crippen LogP contribution < -0.4 is 10.2 Å². The van der Waals surface area contributed by atoms with E-state index in [1.54, 1.807) is 12.1 Å². The maximum absolute atomic E-state index is 9.41. The molecule has 0 aromatic heterocycles. The molecule has 0 saturated heterocycles. The summed E-state index contributed by atoms with van der Waals surface area (Å²) >= 11 is 0. The molecule has 2 aromatic rings. The van der Waals surface area contributed by atoms with E-state index in [9.17, 15) is 5.11 Å². The molecule has 0 amide bonds. The molecule has 0 spiro atoms. The Labute approximate surface area is 126 Å². The van der Waals surface area contributed by atoms with Gasteiger partial charge in [-0.15, -0.1) is 0 Å². The van der Waals surface area contributed by atoms with Gasteiger partial charge in [0.25, 0.3) is 0 Å². The molecule has 2 N–H and O–H groups in total. The fraction of sp³-hybridized carbons (Fsp3) is 0.333. The van der Waals surface area contributed by atoms with Crippen molar-refractivity contribution in [2.45, 2.75) is 25.4 Å². The lowest BCUT2D eigenvalue weighted by Crippen LogP contribution is -2.23. The lowest BCUT2D eigenvalue weighted by Gasteiger charge is -2.26. The zero-order valence-corrected chi connectivity index (χ0v) is 12.4. The van der Waals surface area contributed by atoms with Gasteiger partial charge < -0.3 is 15.3 Å². The first-order chi connectivity index (χ1) is 10.3. The number of rotatable bonds is 3. The zero-order chi connectivity index (χ0) is 14.7. The van der Waals surface area contributed by atoms with E-state index in [-0.39, 0.29) is 0 Å². The average Bonchev–Trinajstić information content (AvgIpc) is 2.69. The molecule has 2 aromatic carbocycles. The molecule has 1 atom stereocenters. The van der Waals surface area contributed by atoms with Crippen molar-refractivity contribution in [3.8, 4) is 5.75 Å². The summed E-state index contributed by atoms with van der Waals surface area (Å²) in [7, 11) is 2.04. The second-order valence-corrected chi connectivity index (χ2v) is 5.63. The van der Waals surface area contributed by atoms with Crippen molar-refractivity contribution in [3.63, 3.8) is 0 Å². The number of hydrogen-bond donors (Lipinski definition) is 2. The van der Waals surface area contributed by atoms with Gasteiger partial charge in [0, 0.05) is 24.8 Å². The molecule has 0 aliphatic carbocycles. The highest BCUT2D eigenvalue weighted by molar-refractivity contribution is 5.56. The zero-order valence-electron chi connectivity index (χ0n) is 12.4. The second kappa shape index (κ2) is 6.19. The van der Waals surface area contributed by atoms with Gasteiger partial charge in [0.05, 0.1) is 0 Å². The predicted octanol–water partition coefficient (Wildman–Crippen LogP) is 3.45. The van der Waals surface area contributed by atoms with Gasteiger partial charge in [-0.3, -0.25) is 0 Å².